The van der Waals surface area contributed by atoms with Crippen LogP contribution in [0.15, 0.2) is 24.3 Å². The largest absolute Gasteiger partial charge is 0.466 e. The Bertz CT molecular complexity index is 1250. The molecule has 0 bridgehead atoms. The maximum absolute atomic E-state index is 12.5. The molecule has 0 aliphatic heterocycles. The number of esters is 1. The SMILES string of the molecule is CCCCCCCCC/C=C\CCCCCCCC(=O)OCCCCCCCCCCCCCCCCCCCCCCCCCCCCCCCC(=O)NC(CO)C(O)/C=C/CCCCCCCCCCCCCCCCCC. The lowest BCUT2D eigenvalue weighted by atomic mass is 10.0. The lowest BCUT2D eigenvalue weighted by Crippen LogP contribution is -2.45. The molecule has 0 spiro atoms. The highest BCUT2D eigenvalue weighted by Gasteiger charge is 2.18. The van der Waals surface area contributed by atoms with Gasteiger partial charge in [0, 0.05) is 12.8 Å². The van der Waals surface area contributed by atoms with Crippen LogP contribution >= 0.6 is 0 Å². The van der Waals surface area contributed by atoms with Gasteiger partial charge in [-0.15, -0.1) is 0 Å². The maximum Gasteiger partial charge on any atom is 0.305 e. The van der Waals surface area contributed by atoms with E-state index >= 15 is 0 Å². The van der Waals surface area contributed by atoms with Crippen molar-refractivity contribution < 1.29 is 24.5 Å². The van der Waals surface area contributed by atoms with E-state index in [0.717, 1.165) is 44.9 Å². The predicted octanol–water partition coefficient (Wildman–Crippen LogP) is 23.7. The molecule has 0 rings (SSSR count). The molecule has 0 saturated heterocycles. The number of amides is 1. The van der Waals surface area contributed by atoms with Crippen LogP contribution in [0.2, 0.25) is 0 Å². The van der Waals surface area contributed by atoms with Gasteiger partial charge in [-0.1, -0.05) is 366 Å². The number of carbonyl (C=O) groups is 2. The molecule has 6 heteroatoms. The Labute approximate surface area is 501 Å². The van der Waals surface area contributed by atoms with Crippen LogP contribution in [-0.2, 0) is 14.3 Å². The lowest BCUT2D eigenvalue weighted by molar-refractivity contribution is -0.143. The van der Waals surface area contributed by atoms with Gasteiger partial charge in [0.15, 0.2) is 0 Å². The van der Waals surface area contributed by atoms with Crippen LogP contribution < -0.4 is 5.32 Å². The molecule has 0 aromatic carbocycles. The Balaban J connectivity index is 3.35. The number of carbonyl (C=O) groups excluding carboxylic acids is 2. The molecule has 2 atom stereocenters. The highest BCUT2D eigenvalue weighted by molar-refractivity contribution is 5.76. The van der Waals surface area contributed by atoms with Gasteiger partial charge >= 0.3 is 5.97 Å². The van der Waals surface area contributed by atoms with E-state index in [1.165, 1.54) is 340 Å². The summed E-state index contributed by atoms with van der Waals surface area (Å²) in [6, 6.07) is -0.625. The molecule has 0 saturated carbocycles. The molecule has 80 heavy (non-hydrogen) atoms. The molecule has 0 aromatic heterocycles. The maximum atomic E-state index is 12.5. The lowest BCUT2D eigenvalue weighted by Gasteiger charge is -2.20. The highest BCUT2D eigenvalue weighted by atomic mass is 16.5. The van der Waals surface area contributed by atoms with Gasteiger partial charge in [-0.3, -0.25) is 9.59 Å². The number of unbranched alkanes of at least 4 members (excludes halogenated alkanes) is 56. The normalized spacial score (nSPS) is 12.6. The monoisotopic (exact) mass is 1130 g/mol. The van der Waals surface area contributed by atoms with Crippen molar-refractivity contribution in [2.75, 3.05) is 13.2 Å². The number of aliphatic hydroxyl groups is 2. The second-order valence-corrected chi connectivity index (χ2v) is 25.3. The van der Waals surface area contributed by atoms with Crippen LogP contribution in [0, 0.1) is 0 Å². The van der Waals surface area contributed by atoms with Crippen LogP contribution in [0.3, 0.4) is 0 Å². The smallest absolute Gasteiger partial charge is 0.305 e. The van der Waals surface area contributed by atoms with Gasteiger partial charge in [-0.2, -0.15) is 0 Å². The Morgan fingerprint density at radius 3 is 0.887 bits per heavy atom. The first-order valence-corrected chi connectivity index (χ1v) is 36.6. The summed E-state index contributed by atoms with van der Waals surface area (Å²) >= 11 is 0. The summed E-state index contributed by atoms with van der Waals surface area (Å²) in [6.45, 7) is 4.94. The van der Waals surface area contributed by atoms with Crippen molar-refractivity contribution in [2.45, 2.75) is 424 Å². The summed E-state index contributed by atoms with van der Waals surface area (Å²) in [7, 11) is 0. The zero-order valence-electron chi connectivity index (χ0n) is 54.3. The van der Waals surface area contributed by atoms with Crippen molar-refractivity contribution in [3.63, 3.8) is 0 Å². The third-order valence-electron chi connectivity index (χ3n) is 17.2. The molecule has 3 N–H and O–H groups in total. The van der Waals surface area contributed by atoms with Crippen LogP contribution in [0.5, 0.6) is 0 Å². The van der Waals surface area contributed by atoms with E-state index in [1.807, 2.05) is 6.08 Å². The van der Waals surface area contributed by atoms with E-state index < -0.39 is 12.1 Å². The van der Waals surface area contributed by atoms with E-state index in [-0.39, 0.29) is 18.5 Å². The van der Waals surface area contributed by atoms with Gasteiger partial charge < -0.3 is 20.3 Å². The predicted molar refractivity (Wildman–Crippen MR) is 352 cm³/mol. The number of aliphatic hydroxyl groups excluding tert-OH is 2. The van der Waals surface area contributed by atoms with Crippen molar-refractivity contribution in [3.05, 3.63) is 24.3 Å². The quantitative estimate of drug-likeness (QED) is 0.0320. The van der Waals surface area contributed by atoms with Gasteiger partial charge in [0.05, 0.1) is 25.4 Å². The van der Waals surface area contributed by atoms with Crippen LogP contribution in [-0.4, -0.2) is 47.4 Å². The van der Waals surface area contributed by atoms with E-state index in [9.17, 15) is 19.8 Å². The van der Waals surface area contributed by atoms with Gasteiger partial charge in [0.25, 0.3) is 0 Å². The summed E-state index contributed by atoms with van der Waals surface area (Å²) in [5, 5.41) is 23.2. The fraction of sp³-hybridized carbons (Fsp3) is 0.919. The average Bonchev–Trinajstić information content (AvgIpc) is 3.46. The topological polar surface area (TPSA) is 95.9 Å². The van der Waals surface area contributed by atoms with E-state index in [0.29, 0.717) is 19.4 Å². The number of hydrogen-bond donors (Lipinski definition) is 3. The summed E-state index contributed by atoms with van der Waals surface area (Å²) < 4.78 is 5.50. The number of rotatable bonds is 69. The van der Waals surface area contributed by atoms with E-state index in [2.05, 4.69) is 31.3 Å². The average molecular weight is 1130 g/mol. The van der Waals surface area contributed by atoms with E-state index in [1.54, 1.807) is 6.08 Å². The Morgan fingerprint density at radius 2 is 0.588 bits per heavy atom. The standard InChI is InChI=1S/C74H143NO5/c1-3-5-7-9-11-13-15-17-19-21-35-38-42-46-50-54-58-62-66-72(77)71(70-76)75-73(78)67-63-59-55-51-47-43-39-36-33-31-29-27-25-23-22-24-26-28-30-32-34-37-41-45-49-53-57-61-65-69-80-74(79)68-64-60-56-52-48-44-40-20-18-16-14-12-10-8-6-4-2/h20,40,62,66,71-72,76-77H,3-19,21-39,41-61,63-65,67-70H2,1-2H3,(H,75,78)/b40-20-,66-62+. The Hall–Kier alpha value is -1.66. The Kier molecular flexibility index (Phi) is 68.4. The zero-order chi connectivity index (χ0) is 57.8. The molecule has 0 aliphatic rings. The third kappa shape index (κ3) is 65.5. The molecule has 474 valence electrons. The van der Waals surface area contributed by atoms with Crippen molar-refractivity contribution in [2.24, 2.45) is 0 Å². The summed E-state index contributed by atoms with van der Waals surface area (Å²) in [6.07, 6.45) is 88.4. The third-order valence-corrected chi connectivity index (χ3v) is 17.2. The number of hydrogen-bond acceptors (Lipinski definition) is 5. The molecule has 0 fully saturated rings. The fourth-order valence-corrected chi connectivity index (χ4v) is 11.6. The number of ether oxygens (including phenoxy) is 1. The fourth-order valence-electron chi connectivity index (χ4n) is 11.6. The van der Waals surface area contributed by atoms with Crippen molar-refractivity contribution in [3.8, 4) is 0 Å². The van der Waals surface area contributed by atoms with Crippen LogP contribution in [0.4, 0.5) is 0 Å². The van der Waals surface area contributed by atoms with Crippen LogP contribution in [0.25, 0.3) is 0 Å². The molecular weight excluding hydrogens is 983 g/mol. The zero-order valence-corrected chi connectivity index (χ0v) is 54.3. The van der Waals surface area contributed by atoms with Crippen molar-refractivity contribution in [1.29, 1.82) is 0 Å². The van der Waals surface area contributed by atoms with Gasteiger partial charge in [-0.25, -0.2) is 0 Å². The minimum atomic E-state index is -0.842. The highest BCUT2D eigenvalue weighted by Crippen LogP contribution is 2.19. The summed E-state index contributed by atoms with van der Waals surface area (Å²) in [5.74, 6) is -0.0483. The van der Waals surface area contributed by atoms with E-state index in [4.69, 9.17) is 4.74 Å². The first-order valence-electron chi connectivity index (χ1n) is 36.6. The van der Waals surface area contributed by atoms with Gasteiger partial charge in [0.2, 0.25) is 5.91 Å². The Morgan fingerprint density at radius 1 is 0.338 bits per heavy atom. The second-order valence-electron chi connectivity index (χ2n) is 25.3. The molecule has 2 unspecified atom stereocenters. The molecule has 0 heterocycles. The number of nitrogens with one attached hydrogen (secondary N) is 1. The van der Waals surface area contributed by atoms with Crippen molar-refractivity contribution >= 4 is 11.9 Å². The molecule has 0 aromatic rings. The van der Waals surface area contributed by atoms with Crippen LogP contribution in [0.1, 0.15) is 412 Å². The first-order chi connectivity index (χ1) is 39.5. The van der Waals surface area contributed by atoms with Gasteiger partial charge in [0.1, 0.15) is 0 Å². The minimum Gasteiger partial charge on any atom is -0.466 e. The number of allylic oxidation sites excluding steroid dienone is 3. The molecule has 0 aliphatic carbocycles. The molecule has 0 radical (unpaired) electrons. The van der Waals surface area contributed by atoms with Gasteiger partial charge in [-0.05, 0) is 57.8 Å². The minimum absolute atomic E-state index is 0.0125. The first kappa shape index (κ1) is 78.3. The molecular formula is C74H143NO5. The second kappa shape index (κ2) is 69.8. The molecule has 1 amide bonds. The summed E-state index contributed by atoms with van der Waals surface area (Å²) in [5.41, 5.74) is 0. The summed E-state index contributed by atoms with van der Waals surface area (Å²) in [4.78, 5) is 24.6. The molecule has 6 nitrogen and oxygen atoms in total. The van der Waals surface area contributed by atoms with Crippen molar-refractivity contribution in [1.82, 2.24) is 5.32 Å².